The van der Waals surface area contributed by atoms with E-state index >= 15 is 0 Å². The molecule has 0 saturated carbocycles. The van der Waals surface area contributed by atoms with E-state index in [-0.39, 0.29) is 5.15 Å². The monoisotopic (exact) mass is 236 g/mol. The average molecular weight is 237 g/mol. The van der Waals surface area contributed by atoms with Crippen molar-refractivity contribution in [3.63, 3.8) is 0 Å². The van der Waals surface area contributed by atoms with E-state index in [0.29, 0.717) is 0 Å². The Morgan fingerprint density at radius 1 is 1.57 bits per heavy atom. The highest BCUT2D eigenvalue weighted by Crippen LogP contribution is 2.27. The molecule has 0 bridgehead atoms. The van der Waals surface area contributed by atoms with Crippen molar-refractivity contribution >= 4 is 34.9 Å². The highest BCUT2D eigenvalue weighted by molar-refractivity contribution is 6.35. The van der Waals surface area contributed by atoms with Crippen molar-refractivity contribution in [3.8, 4) is 0 Å². The number of aromatic carboxylic acids is 1. The summed E-state index contributed by atoms with van der Waals surface area (Å²) in [5.41, 5.74) is -1.34. The maximum Gasteiger partial charge on any atom is 0.345 e. The minimum Gasteiger partial charge on any atom is -0.477 e. The van der Waals surface area contributed by atoms with E-state index < -0.39 is 27.3 Å². The summed E-state index contributed by atoms with van der Waals surface area (Å²) in [6.45, 7) is 0. The molecule has 1 N–H and O–H groups in total. The number of carbonyl (C=O) groups is 1. The Hall–Kier alpha value is -1.40. The van der Waals surface area contributed by atoms with E-state index in [1.807, 2.05) is 0 Å². The van der Waals surface area contributed by atoms with Crippen molar-refractivity contribution in [3.05, 3.63) is 32.1 Å². The molecule has 0 atom stereocenters. The Bertz CT molecular complexity index is 421. The van der Waals surface area contributed by atoms with Crippen LogP contribution in [0.5, 0.6) is 0 Å². The Balaban J connectivity index is 3.52. The first-order valence-corrected chi connectivity index (χ1v) is 3.92. The van der Waals surface area contributed by atoms with Gasteiger partial charge in [0.2, 0.25) is 0 Å². The number of rotatable bonds is 2. The smallest absolute Gasteiger partial charge is 0.345 e. The van der Waals surface area contributed by atoms with Crippen LogP contribution in [0.1, 0.15) is 10.4 Å². The summed E-state index contributed by atoms with van der Waals surface area (Å²) in [7, 11) is 0. The van der Waals surface area contributed by atoms with E-state index in [0.717, 1.165) is 6.07 Å². The fourth-order valence-electron chi connectivity index (χ4n) is 0.814. The van der Waals surface area contributed by atoms with Gasteiger partial charge in [0.05, 0.1) is 11.0 Å². The molecule has 8 heteroatoms. The molecule has 0 fully saturated rings. The number of nitro groups is 1. The second-order valence-electron chi connectivity index (χ2n) is 2.19. The standard InChI is InChI=1S/C6H2Cl2N2O4/c7-3-1-2(10(13)14)4(6(11)12)5(8)9-3/h1H,(H,11,12). The van der Waals surface area contributed by atoms with Crippen molar-refractivity contribution in [1.29, 1.82) is 0 Å². The summed E-state index contributed by atoms with van der Waals surface area (Å²) in [6, 6.07) is 0.830. The Kier molecular flexibility index (Phi) is 2.87. The molecule has 0 radical (unpaired) electrons. The summed E-state index contributed by atoms with van der Waals surface area (Å²) in [6.07, 6.45) is 0. The van der Waals surface area contributed by atoms with Crippen molar-refractivity contribution < 1.29 is 14.8 Å². The quantitative estimate of drug-likeness (QED) is 0.482. The van der Waals surface area contributed by atoms with Gasteiger partial charge in [0.1, 0.15) is 5.15 Å². The van der Waals surface area contributed by atoms with Gasteiger partial charge in [-0.2, -0.15) is 0 Å². The largest absolute Gasteiger partial charge is 0.477 e. The molecule has 1 aromatic heterocycles. The number of hydrogen-bond acceptors (Lipinski definition) is 4. The molecular weight excluding hydrogens is 235 g/mol. The van der Waals surface area contributed by atoms with Gasteiger partial charge in [0.15, 0.2) is 10.7 Å². The third kappa shape index (κ3) is 1.91. The van der Waals surface area contributed by atoms with Crippen LogP contribution in [0.2, 0.25) is 10.3 Å². The van der Waals surface area contributed by atoms with Crippen molar-refractivity contribution in [2.24, 2.45) is 0 Å². The lowest BCUT2D eigenvalue weighted by molar-refractivity contribution is -0.385. The highest BCUT2D eigenvalue weighted by Gasteiger charge is 2.25. The summed E-state index contributed by atoms with van der Waals surface area (Å²) in [5.74, 6) is -1.52. The van der Waals surface area contributed by atoms with Crippen LogP contribution in [-0.4, -0.2) is 21.0 Å². The van der Waals surface area contributed by atoms with Gasteiger partial charge in [-0.25, -0.2) is 9.78 Å². The number of carboxylic acid groups (broad SMARTS) is 1. The predicted octanol–water partition coefficient (Wildman–Crippen LogP) is 1.99. The van der Waals surface area contributed by atoms with Crippen LogP contribution in [0.4, 0.5) is 5.69 Å². The zero-order valence-electron chi connectivity index (χ0n) is 6.40. The molecule has 0 aliphatic heterocycles. The molecule has 1 heterocycles. The lowest BCUT2D eigenvalue weighted by Gasteiger charge is -1.99. The highest BCUT2D eigenvalue weighted by atomic mass is 35.5. The van der Waals surface area contributed by atoms with E-state index in [4.69, 9.17) is 28.3 Å². The lowest BCUT2D eigenvalue weighted by atomic mass is 10.2. The van der Waals surface area contributed by atoms with Crippen molar-refractivity contribution in [1.82, 2.24) is 4.98 Å². The fraction of sp³-hybridized carbons (Fsp3) is 0. The molecule has 0 aliphatic rings. The Morgan fingerprint density at radius 3 is 2.57 bits per heavy atom. The van der Waals surface area contributed by atoms with Crippen molar-refractivity contribution in [2.45, 2.75) is 0 Å². The maximum atomic E-state index is 10.6. The van der Waals surface area contributed by atoms with E-state index in [1.165, 1.54) is 0 Å². The first kappa shape index (κ1) is 10.7. The Morgan fingerprint density at radius 2 is 2.14 bits per heavy atom. The lowest BCUT2D eigenvalue weighted by Crippen LogP contribution is -2.05. The second kappa shape index (κ2) is 3.77. The molecule has 1 rings (SSSR count). The van der Waals surface area contributed by atoms with Crippen LogP contribution < -0.4 is 0 Å². The maximum absolute atomic E-state index is 10.6. The minimum atomic E-state index is -1.52. The zero-order valence-corrected chi connectivity index (χ0v) is 7.91. The van der Waals surface area contributed by atoms with Gasteiger partial charge in [-0.1, -0.05) is 23.2 Å². The van der Waals surface area contributed by atoms with Gasteiger partial charge in [-0.15, -0.1) is 0 Å². The average Bonchev–Trinajstić information content (AvgIpc) is 2.01. The third-order valence-corrected chi connectivity index (χ3v) is 1.80. The fourth-order valence-corrected chi connectivity index (χ4v) is 1.31. The predicted molar refractivity (Wildman–Crippen MR) is 47.9 cm³/mol. The first-order chi connectivity index (χ1) is 6.43. The SMILES string of the molecule is O=C(O)c1c([N+](=O)[O-])cc(Cl)nc1Cl. The van der Waals surface area contributed by atoms with Crippen LogP contribution in [0, 0.1) is 10.1 Å². The van der Waals surface area contributed by atoms with Crippen molar-refractivity contribution in [2.75, 3.05) is 0 Å². The number of carboxylic acids is 1. The molecule has 6 nitrogen and oxygen atoms in total. The van der Waals surface area contributed by atoms with Gasteiger partial charge in [-0.05, 0) is 0 Å². The summed E-state index contributed by atoms with van der Waals surface area (Å²) < 4.78 is 0. The molecular formula is C6H2Cl2N2O4. The van der Waals surface area contributed by atoms with Crippen LogP contribution in [-0.2, 0) is 0 Å². The number of hydrogen-bond donors (Lipinski definition) is 1. The molecule has 0 spiro atoms. The van der Waals surface area contributed by atoms with Crippen LogP contribution in [0.15, 0.2) is 6.07 Å². The molecule has 1 aromatic rings. The van der Waals surface area contributed by atoms with Gasteiger partial charge >= 0.3 is 5.97 Å². The number of pyridine rings is 1. The molecule has 74 valence electrons. The van der Waals surface area contributed by atoms with E-state index in [9.17, 15) is 14.9 Å². The molecule has 14 heavy (non-hydrogen) atoms. The Labute approximate surface area is 87.2 Å². The minimum absolute atomic E-state index is 0.230. The van der Waals surface area contributed by atoms with Gasteiger partial charge < -0.3 is 5.11 Å². The molecule has 0 unspecified atom stereocenters. The van der Waals surface area contributed by atoms with Gasteiger partial charge in [-0.3, -0.25) is 10.1 Å². The summed E-state index contributed by atoms with van der Waals surface area (Å²) in [5, 5.41) is 18.3. The second-order valence-corrected chi connectivity index (χ2v) is 2.94. The van der Waals surface area contributed by atoms with E-state index in [2.05, 4.69) is 4.98 Å². The van der Waals surface area contributed by atoms with Crippen LogP contribution in [0.25, 0.3) is 0 Å². The normalized spacial score (nSPS) is 9.86. The first-order valence-electron chi connectivity index (χ1n) is 3.17. The summed E-state index contributed by atoms with van der Waals surface area (Å²) >= 11 is 10.8. The summed E-state index contributed by atoms with van der Waals surface area (Å²) in [4.78, 5) is 23.5. The van der Waals surface area contributed by atoms with Crippen LogP contribution >= 0.6 is 23.2 Å². The molecule has 0 aliphatic carbocycles. The molecule has 0 saturated heterocycles. The number of nitrogens with zero attached hydrogens (tertiary/aromatic N) is 2. The van der Waals surface area contributed by atoms with Crippen LogP contribution in [0.3, 0.4) is 0 Å². The zero-order chi connectivity index (χ0) is 10.9. The third-order valence-electron chi connectivity index (χ3n) is 1.33. The molecule has 0 amide bonds. The van der Waals surface area contributed by atoms with Gasteiger partial charge in [0, 0.05) is 0 Å². The molecule has 0 aromatic carbocycles. The number of aromatic nitrogens is 1. The number of halogens is 2. The topological polar surface area (TPSA) is 93.3 Å². The van der Waals surface area contributed by atoms with E-state index in [1.54, 1.807) is 0 Å². The van der Waals surface area contributed by atoms with Gasteiger partial charge in [0.25, 0.3) is 5.69 Å².